The minimum Gasteiger partial charge on any atom is -0.317 e. The van der Waals surface area contributed by atoms with Crippen LogP contribution in [0.25, 0.3) is 0 Å². The van der Waals surface area contributed by atoms with Crippen LogP contribution in [0.2, 0.25) is 0 Å². The Hall–Kier alpha value is -0.390. The highest BCUT2D eigenvalue weighted by molar-refractivity contribution is 9.10. The number of nitrogens with one attached hydrogen (secondary N) is 1. The number of hydrogen-bond acceptors (Lipinski definition) is 3. The third-order valence-electron chi connectivity index (χ3n) is 3.11. The van der Waals surface area contributed by atoms with Gasteiger partial charge in [0.25, 0.3) is 0 Å². The van der Waals surface area contributed by atoms with E-state index in [4.69, 9.17) is 0 Å². The van der Waals surface area contributed by atoms with Gasteiger partial charge < -0.3 is 5.32 Å². The summed E-state index contributed by atoms with van der Waals surface area (Å²) in [4.78, 5) is 0. The van der Waals surface area contributed by atoms with E-state index in [2.05, 4.69) is 21.2 Å². The Balaban J connectivity index is 2.14. The average Bonchev–Trinajstić information content (AvgIpc) is 2.33. The highest BCUT2D eigenvalue weighted by Crippen LogP contribution is 2.23. The molecule has 0 aromatic heterocycles. The molecule has 5 heteroatoms. The van der Waals surface area contributed by atoms with Crippen molar-refractivity contribution in [1.82, 2.24) is 5.32 Å². The SMILES string of the molecule is O=S(=O)(Cc1ccccc1Br)C1CCNCC1. The molecule has 94 valence electrons. The topological polar surface area (TPSA) is 46.2 Å². The number of rotatable bonds is 3. The van der Waals surface area contributed by atoms with Crippen LogP contribution in [0, 0.1) is 0 Å². The molecule has 1 heterocycles. The van der Waals surface area contributed by atoms with E-state index in [9.17, 15) is 8.42 Å². The summed E-state index contributed by atoms with van der Waals surface area (Å²) < 4.78 is 25.4. The zero-order chi connectivity index (χ0) is 12.3. The number of sulfone groups is 1. The molecule has 1 fully saturated rings. The van der Waals surface area contributed by atoms with Gasteiger partial charge in [-0.25, -0.2) is 8.42 Å². The van der Waals surface area contributed by atoms with E-state index >= 15 is 0 Å². The van der Waals surface area contributed by atoms with Gasteiger partial charge in [-0.3, -0.25) is 0 Å². The number of benzene rings is 1. The van der Waals surface area contributed by atoms with E-state index < -0.39 is 9.84 Å². The molecule has 0 saturated carbocycles. The minimum atomic E-state index is -3.03. The first-order chi connectivity index (χ1) is 8.09. The summed E-state index contributed by atoms with van der Waals surface area (Å²) in [5, 5.41) is 3.00. The zero-order valence-electron chi connectivity index (χ0n) is 9.52. The van der Waals surface area contributed by atoms with Crippen molar-refractivity contribution < 1.29 is 8.42 Å². The molecule has 0 unspecified atom stereocenters. The van der Waals surface area contributed by atoms with E-state index in [0.29, 0.717) is 0 Å². The van der Waals surface area contributed by atoms with Gasteiger partial charge >= 0.3 is 0 Å². The quantitative estimate of drug-likeness (QED) is 0.928. The second-order valence-electron chi connectivity index (χ2n) is 4.35. The molecule has 0 aliphatic carbocycles. The molecular formula is C12H16BrNO2S. The smallest absolute Gasteiger partial charge is 0.157 e. The summed E-state index contributed by atoms with van der Waals surface area (Å²) in [5.41, 5.74) is 0.853. The maximum absolute atomic E-state index is 12.3. The summed E-state index contributed by atoms with van der Waals surface area (Å²) in [6.07, 6.45) is 1.46. The van der Waals surface area contributed by atoms with E-state index in [1.54, 1.807) is 0 Å². The summed E-state index contributed by atoms with van der Waals surface area (Å²) in [7, 11) is -3.03. The molecule has 1 saturated heterocycles. The lowest BCUT2D eigenvalue weighted by Gasteiger charge is -2.22. The Morgan fingerprint density at radius 2 is 1.88 bits per heavy atom. The predicted molar refractivity (Wildman–Crippen MR) is 72.7 cm³/mol. The van der Waals surface area contributed by atoms with Crippen LogP contribution in [0.4, 0.5) is 0 Å². The van der Waals surface area contributed by atoms with E-state index in [0.717, 1.165) is 36.0 Å². The van der Waals surface area contributed by atoms with Crippen molar-refractivity contribution in [3.63, 3.8) is 0 Å². The number of halogens is 1. The van der Waals surface area contributed by atoms with Gasteiger partial charge in [0.2, 0.25) is 0 Å². The van der Waals surface area contributed by atoms with E-state index in [1.165, 1.54) is 0 Å². The molecule has 0 bridgehead atoms. The van der Waals surface area contributed by atoms with Gasteiger partial charge in [-0.2, -0.15) is 0 Å². The highest BCUT2D eigenvalue weighted by atomic mass is 79.9. The molecule has 1 aliphatic rings. The van der Waals surface area contributed by atoms with E-state index in [1.807, 2.05) is 24.3 Å². The van der Waals surface area contributed by atoms with Crippen LogP contribution < -0.4 is 5.32 Å². The second kappa shape index (κ2) is 5.50. The van der Waals surface area contributed by atoms with Gasteiger partial charge in [0.15, 0.2) is 9.84 Å². The second-order valence-corrected chi connectivity index (χ2v) is 7.48. The number of piperidine rings is 1. The van der Waals surface area contributed by atoms with Crippen molar-refractivity contribution in [3.8, 4) is 0 Å². The van der Waals surface area contributed by atoms with Crippen molar-refractivity contribution >= 4 is 25.8 Å². The van der Waals surface area contributed by atoms with Gasteiger partial charge in [0.05, 0.1) is 11.0 Å². The monoisotopic (exact) mass is 317 g/mol. The standard InChI is InChI=1S/C12H16BrNO2S/c13-12-4-2-1-3-10(12)9-17(15,16)11-5-7-14-8-6-11/h1-4,11,14H,5-9H2. The fraction of sp³-hybridized carbons (Fsp3) is 0.500. The summed E-state index contributed by atoms with van der Waals surface area (Å²) in [6.45, 7) is 1.61. The molecule has 1 aromatic rings. The van der Waals surface area contributed by atoms with Crippen molar-refractivity contribution in [2.75, 3.05) is 13.1 Å². The summed E-state index contributed by atoms with van der Waals surface area (Å²) in [6, 6.07) is 7.51. The zero-order valence-corrected chi connectivity index (χ0v) is 11.9. The summed E-state index contributed by atoms with van der Waals surface area (Å²) in [5.74, 6) is 0.138. The fourth-order valence-corrected chi connectivity index (χ4v) is 4.59. The maximum atomic E-state index is 12.3. The molecule has 17 heavy (non-hydrogen) atoms. The third-order valence-corrected chi connectivity index (χ3v) is 6.08. The normalized spacial score (nSPS) is 18.2. The predicted octanol–water partition coefficient (Wildman–Crippen LogP) is 2.12. The minimum absolute atomic E-state index is 0.138. The van der Waals surface area contributed by atoms with Gasteiger partial charge in [-0.1, -0.05) is 34.1 Å². The number of hydrogen-bond donors (Lipinski definition) is 1. The average molecular weight is 318 g/mol. The molecule has 2 rings (SSSR count). The molecule has 1 N–H and O–H groups in total. The Morgan fingerprint density at radius 3 is 2.53 bits per heavy atom. The Labute approximate surface area is 111 Å². The van der Waals surface area contributed by atoms with Crippen LogP contribution in [0.1, 0.15) is 18.4 Å². The first-order valence-electron chi connectivity index (χ1n) is 5.75. The Kier molecular flexibility index (Phi) is 4.22. The van der Waals surface area contributed by atoms with Crippen molar-refractivity contribution in [1.29, 1.82) is 0 Å². The van der Waals surface area contributed by atoms with Gasteiger partial charge in [-0.15, -0.1) is 0 Å². The van der Waals surface area contributed by atoms with Crippen molar-refractivity contribution in [3.05, 3.63) is 34.3 Å². The first-order valence-corrected chi connectivity index (χ1v) is 8.26. The Bertz CT molecular complexity index is 481. The van der Waals surface area contributed by atoms with E-state index in [-0.39, 0.29) is 11.0 Å². The van der Waals surface area contributed by atoms with Crippen LogP contribution in [0.5, 0.6) is 0 Å². The van der Waals surface area contributed by atoms with Crippen LogP contribution in [-0.4, -0.2) is 26.8 Å². The van der Waals surface area contributed by atoms with Crippen LogP contribution in [0.3, 0.4) is 0 Å². The van der Waals surface area contributed by atoms with Gasteiger partial charge in [-0.05, 0) is 37.6 Å². The van der Waals surface area contributed by atoms with Crippen molar-refractivity contribution in [2.45, 2.75) is 23.8 Å². The molecule has 0 amide bonds. The molecule has 0 spiro atoms. The highest BCUT2D eigenvalue weighted by Gasteiger charge is 2.27. The third kappa shape index (κ3) is 3.30. The largest absolute Gasteiger partial charge is 0.317 e. The molecule has 1 aliphatic heterocycles. The van der Waals surface area contributed by atoms with Crippen molar-refractivity contribution in [2.24, 2.45) is 0 Å². The fourth-order valence-electron chi connectivity index (χ4n) is 2.10. The Morgan fingerprint density at radius 1 is 1.24 bits per heavy atom. The molecular weight excluding hydrogens is 302 g/mol. The van der Waals surface area contributed by atoms with Crippen LogP contribution >= 0.6 is 15.9 Å². The molecule has 1 aromatic carbocycles. The van der Waals surface area contributed by atoms with Crippen LogP contribution in [-0.2, 0) is 15.6 Å². The van der Waals surface area contributed by atoms with Gasteiger partial charge in [0, 0.05) is 4.47 Å². The first kappa shape index (κ1) is 13.1. The lowest BCUT2D eigenvalue weighted by Crippen LogP contribution is -2.36. The van der Waals surface area contributed by atoms with Crippen LogP contribution in [0.15, 0.2) is 28.7 Å². The molecule has 0 radical (unpaired) electrons. The summed E-state index contributed by atoms with van der Waals surface area (Å²) >= 11 is 3.40. The van der Waals surface area contributed by atoms with Gasteiger partial charge in [0.1, 0.15) is 0 Å². The molecule has 0 atom stereocenters. The lowest BCUT2D eigenvalue weighted by molar-refractivity contribution is 0.496. The lowest BCUT2D eigenvalue weighted by atomic mass is 10.2. The maximum Gasteiger partial charge on any atom is 0.157 e. The molecule has 3 nitrogen and oxygen atoms in total.